The highest BCUT2D eigenvalue weighted by Crippen LogP contribution is 2.54. The van der Waals surface area contributed by atoms with E-state index in [1.165, 1.54) is 170 Å². The van der Waals surface area contributed by atoms with Gasteiger partial charge >= 0.3 is 0 Å². The minimum atomic E-state index is -0.296. The van der Waals surface area contributed by atoms with Crippen molar-refractivity contribution in [1.29, 1.82) is 0 Å². The summed E-state index contributed by atoms with van der Waals surface area (Å²) in [6.45, 7) is 4.81. The summed E-state index contributed by atoms with van der Waals surface area (Å²) in [5, 5.41) is 14.8. The van der Waals surface area contributed by atoms with E-state index >= 15 is 0 Å². The van der Waals surface area contributed by atoms with Gasteiger partial charge in [0, 0.05) is 105 Å². The molecule has 0 saturated heterocycles. The summed E-state index contributed by atoms with van der Waals surface area (Å²) in [6.07, 6.45) is 0. The number of fused-ring (bicyclic) bond motifs is 17. The first-order chi connectivity index (χ1) is 73.6. The van der Waals surface area contributed by atoms with Crippen LogP contribution in [0, 0.1) is 0 Å². The molecule has 0 bridgehead atoms. The molecule has 4 heterocycles. The number of rotatable bonds is 18. The van der Waals surface area contributed by atoms with Crippen molar-refractivity contribution in [1.82, 2.24) is 18.3 Å². The maximum absolute atomic E-state index is 2.46. The largest absolute Gasteiger partial charge is 0.311 e. The average Bonchev–Trinajstić information content (AvgIpc) is 1.57. The maximum atomic E-state index is 2.46. The van der Waals surface area contributed by atoms with E-state index in [1.807, 2.05) is 0 Å². The van der Waals surface area contributed by atoms with Gasteiger partial charge in [0.1, 0.15) is 0 Å². The number of anilines is 6. The number of aromatic nitrogens is 4. The Bertz CT molecular complexity index is 10100. The van der Waals surface area contributed by atoms with Crippen molar-refractivity contribution >= 4 is 143 Å². The van der Waals surface area contributed by atoms with Gasteiger partial charge in [-0.15, -0.1) is 0 Å². The molecule has 0 N–H and O–H groups in total. The Hall–Kier alpha value is -19.4. The first-order valence-corrected chi connectivity index (χ1v) is 51.6. The van der Waals surface area contributed by atoms with Crippen molar-refractivity contribution < 1.29 is 0 Å². The van der Waals surface area contributed by atoms with E-state index in [0.29, 0.717) is 0 Å². The van der Waals surface area contributed by atoms with Gasteiger partial charge in [-0.2, -0.15) is 0 Å². The fourth-order valence-electron chi connectivity index (χ4n) is 24.3. The zero-order chi connectivity index (χ0) is 98.5. The van der Waals surface area contributed by atoms with Crippen LogP contribution in [0.25, 0.3) is 232 Å². The molecule has 0 aliphatic heterocycles. The van der Waals surface area contributed by atoms with Crippen molar-refractivity contribution in [2.24, 2.45) is 0 Å². The number of benzene rings is 24. The molecule has 0 radical (unpaired) electrons. The van der Waals surface area contributed by atoms with Crippen LogP contribution < -0.4 is 9.80 Å². The van der Waals surface area contributed by atoms with Crippen molar-refractivity contribution in [3.05, 3.63) is 557 Å². The Morgan fingerprint density at radius 1 is 0.141 bits per heavy atom. The van der Waals surface area contributed by atoms with Gasteiger partial charge in [-0.1, -0.05) is 366 Å². The molecule has 28 aromatic rings. The van der Waals surface area contributed by atoms with Crippen LogP contribution in [0.15, 0.2) is 546 Å². The van der Waals surface area contributed by atoms with Gasteiger partial charge in [0.05, 0.1) is 44.1 Å². The van der Waals surface area contributed by atoms with Gasteiger partial charge in [0.15, 0.2) is 0 Å². The Morgan fingerprint density at radius 2 is 0.376 bits per heavy atom. The summed E-state index contributed by atoms with van der Waals surface area (Å²) in [5.41, 5.74) is 44.2. The molecule has 149 heavy (non-hydrogen) atoms. The second kappa shape index (κ2) is 35.0. The van der Waals surface area contributed by atoms with Crippen molar-refractivity contribution in [2.45, 2.75) is 19.3 Å². The first kappa shape index (κ1) is 86.3. The van der Waals surface area contributed by atoms with Gasteiger partial charge in [0.2, 0.25) is 0 Å². The van der Waals surface area contributed by atoms with E-state index < -0.39 is 0 Å². The maximum Gasteiger partial charge on any atom is 0.0541 e. The Morgan fingerprint density at radius 3 is 0.785 bits per heavy atom. The SMILES string of the molecule is CC1(C)c2cc(-c3ccc4c(c3)c3ccccc3n4-c3ccccc3)ccc2-c2ccc(N(c3ccc(-c4ccc(-n5c6ccccc6c6cc(-c7cccc8c(-c9ccc(N(c%10ccc(-c%11ccc(-c%12ccc%13c(c%12)c%12ccccc%12n%13-c%12ccccc%12)cc%11)cc%10)c%10ccc(-c%11ccc(-n%12c%13ccccc%13c%13ccccc%13%12)cc%11)cc%10)cc9)cccc78)ccc65)cc4)cc3)c3ccc(-c4cccc5ccccc45)cc3)cc21. The van der Waals surface area contributed by atoms with Crippen LogP contribution in [0.1, 0.15) is 25.0 Å². The molecule has 0 saturated carbocycles. The smallest absolute Gasteiger partial charge is 0.0541 e. The van der Waals surface area contributed by atoms with Gasteiger partial charge in [-0.05, 0) is 327 Å². The lowest BCUT2D eigenvalue weighted by atomic mass is 9.81. The molecule has 29 rings (SSSR count). The molecule has 4 aromatic heterocycles. The second-order valence-electron chi connectivity index (χ2n) is 40.2. The third-order valence-corrected chi connectivity index (χ3v) is 31.6. The lowest BCUT2D eigenvalue weighted by molar-refractivity contribution is 0.660. The molecule has 0 unspecified atom stereocenters. The highest BCUT2D eigenvalue weighted by molar-refractivity contribution is 6.16. The molecule has 6 nitrogen and oxygen atoms in total. The molecule has 0 spiro atoms. The lowest BCUT2D eigenvalue weighted by Gasteiger charge is -2.28. The van der Waals surface area contributed by atoms with E-state index in [9.17, 15) is 0 Å². The number of hydrogen-bond acceptors (Lipinski definition) is 2. The second-order valence-corrected chi connectivity index (χ2v) is 40.2. The van der Waals surface area contributed by atoms with Crippen molar-refractivity contribution in [2.75, 3.05) is 9.80 Å². The lowest BCUT2D eigenvalue weighted by Crippen LogP contribution is -2.16. The summed E-state index contributed by atoms with van der Waals surface area (Å²) in [5.74, 6) is 0. The third-order valence-electron chi connectivity index (χ3n) is 31.6. The summed E-state index contributed by atoms with van der Waals surface area (Å²) < 4.78 is 9.59. The molecule has 0 fully saturated rings. The minimum Gasteiger partial charge on any atom is -0.311 e. The van der Waals surface area contributed by atoms with Crippen molar-refractivity contribution in [3.63, 3.8) is 0 Å². The van der Waals surface area contributed by atoms with E-state index in [0.717, 1.165) is 107 Å². The molecule has 24 aromatic carbocycles. The quantitative estimate of drug-likeness (QED) is 0.0856. The van der Waals surface area contributed by atoms with Gasteiger partial charge in [-0.3, -0.25) is 0 Å². The van der Waals surface area contributed by atoms with Crippen molar-refractivity contribution in [3.8, 4) is 123 Å². The number of para-hydroxylation sites is 7. The van der Waals surface area contributed by atoms with E-state index in [-0.39, 0.29) is 5.41 Å². The molecular formula is C143H96N6. The third kappa shape index (κ3) is 14.5. The summed E-state index contributed by atoms with van der Waals surface area (Å²) in [4.78, 5) is 4.83. The van der Waals surface area contributed by atoms with Crippen LogP contribution in [0.4, 0.5) is 34.1 Å². The minimum absolute atomic E-state index is 0.296. The fourth-order valence-corrected chi connectivity index (χ4v) is 24.3. The zero-order valence-corrected chi connectivity index (χ0v) is 82.1. The average molecular weight is 1900 g/mol. The number of hydrogen-bond donors (Lipinski definition) is 0. The monoisotopic (exact) mass is 1900 g/mol. The van der Waals surface area contributed by atoms with E-state index in [2.05, 4.69) is 588 Å². The molecule has 6 heteroatoms. The fraction of sp³-hybridized carbons (Fsp3) is 0.0210. The highest BCUT2D eigenvalue weighted by Gasteiger charge is 2.37. The van der Waals surface area contributed by atoms with Gasteiger partial charge in [0.25, 0.3) is 0 Å². The van der Waals surface area contributed by atoms with Crippen LogP contribution in [0.5, 0.6) is 0 Å². The predicted octanol–water partition coefficient (Wildman–Crippen LogP) is 39.0. The van der Waals surface area contributed by atoms with Crippen LogP contribution >= 0.6 is 0 Å². The number of nitrogens with zero attached hydrogens (tertiary/aromatic N) is 6. The Kier molecular flexibility index (Phi) is 20.3. The van der Waals surface area contributed by atoms with Gasteiger partial charge < -0.3 is 28.1 Å². The van der Waals surface area contributed by atoms with E-state index in [1.54, 1.807) is 0 Å². The standard InChI is InChI=1S/C143H96N6/c1-143(2)133-91-105(104-66-86-141-131(89-104)128-34-14-19-44-138(128)147(141)108-28-7-4-8-29-108)64-83-123(133)124-84-82-116(92-134(124)143)145(113-80-60-101(61-81-113)118-36-21-25-100-24-9-10-30-117(100)118)112-72-54-96(55-73-112)98-58-76-115(77-59-98)149-139-45-20-15-35-129(139)132-90-106(67-87-142(132)149)120-38-23-39-121-119(37-22-40-122(120)121)102-62-78-111(79-63-102)144(110-70-52-95(53-71-110)97-56-74-114(75-57-97)148-135-41-16-11-31-125(135)126-32-12-17-42-136(126)148)109-68-50-94(51-69-109)93-46-48-99(49-47-93)103-65-85-140-130(88-103)127-33-13-18-43-137(127)146(140)107-26-5-3-6-27-107/h3-92H,1-2H3. The molecule has 0 amide bonds. The molecule has 698 valence electrons. The van der Waals surface area contributed by atoms with Crippen LogP contribution in [0.2, 0.25) is 0 Å². The normalized spacial score (nSPS) is 12.3. The molecule has 1 aliphatic carbocycles. The molecule has 1 aliphatic rings. The molecule has 0 atom stereocenters. The summed E-state index contributed by atoms with van der Waals surface area (Å²) in [7, 11) is 0. The Balaban J connectivity index is 0.456. The topological polar surface area (TPSA) is 26.2 Å². The first-order valence-electron chi connectivity index (χ1n) is 51.6. The highest BCUT2D eigenvalue weighted by atomic mass is 15.1. The van der Waals surface area contributed by atoms with Gasteiger partial charge in [-0.25, -0.2) is 0 Å². The zero-order valence-electron chi connectivity index (χ0n) is 82.1. The van der Waals surface area contributed by atoms with E-state index in [4.69, 9.17) is 0 Å². The Labute approximate surface area is 864 Å². The van der Waals surface area contributed by atoms with Crippen LogP contribution in [0.3, 0.4) is 0 Å². The van der Waals surface area contributed by atoms with Crippen LogP contribution in [-0.4, -0.2) is 18.3 Å². The summed E-state index contributed by atoms with van der Waals surface area (Å²) in [6, 6.07) is 202. The molecular weight excluding hydrogens is 1800 g/mol. The summed E-state index contributed by atoms with van der Waals surface area (Å²) >= 11 is 0. The van der Waals surface area contributed by atoms with Crippen LogP contribution in [-0.2, 0) is 5.41 Å². The predicted molar refractivity (Wildman–Crippen MR) is 629 cm³/mol.